The summed E-state index contributed by atoms with van der Waals surface area (Å²) >= 11 is 0. The second-order valence-corrected chi connectivity index (χ2v) is 5.22. The smallest absolute Gasteiger partial charge is 0.132 e. The number of nitriles is 1. The third-order valence-corrected chi connectivity index (χ3v) is 3.81. The van der Waals surface area contributed by atoms with Crippen LogP contribution in [0.4, 0.5) is 5.69 Å². The van der Waals surface area contributed by atoms with E-state index in [4.69, 9.17) is 4.74 Å². The second kappa shape index (κ2) is 5.60. The molecule has 0 bridgehead atoms. The van der Waals surface area contributed by atoms with Gasteiger partial charge in [0.1, 0.15) is 5.54 Å². The molecule has 0 amide bonds. The second-order valence-electron chi connectivity index (χ2n) is 5.22. The maximum atomic E-state index is 9.63. The summed E-state index contributed by atoms with van der Waals surface area (Å²) in [6, 6.07) is 10.7. The number of nitrogens with zero attached hydrogens (tertiary/aromatic N) is 3. The Labute approximate surface area is 115 Å². The summed E-state index contributed by atoms with van der Waals surface area (Å²) in [6.07, 6.45) is 0. The van der Waals surface area contributed by atoms with E-state index < -0.39 is 5.54 Å². The Kier molecular flexibility index (Phi) is 4.08. The number of hydrogen-bond donors (Lipinski definition) is 0. The van der Waals surface area contributed by atoms with Gasteiger partial charge in [-0.05, 0) is 24.6 Å². The summed E-state index contributed by atoms with van der Waals surface area (Å²) in [6.45, 7) is 5.00. The van der Waals surface area contributed by atoms with Gasteiger partial charge in [-0.25, -0.2) is 0 Å². The average Bonchev–Trinajstić information content (AvgIpc) is 2.47. The fourth-order valence-electron chi connectivity index (χ4n) is 2.41. The third-order valence-electron chi connectivity index (χ3n) is 3.81. The van der Waals surface area contributed by atoms with Crippen LogP contribution in [0.25, 0.3) is 0 Å². The first-order valence-corrected chi connectivity index (χ1v) is 6.60. The Bertz CT molecular complexity index is 457. The minimum atomic E-state index is -0.575. The number of hydrogen-bond acceptors (Lipinski definition) is 4. The summed E-state index contributed by atoms with van der Waals surface area (Å²) < 4.78 is 5.37. The van der Waals surface area contributed by atoms with E-state index in [1.807, 2.05) is 33.2 Å². The van der Waals surface area contributed by atoms with Crippen molar-refractivity contribution in [1.29, 1.82) is 5.26 Å². The SMILES string of the molecule is CN(C)c1ccc(C(C)(C#N)N2CCOCC2)cc1. The molecule has 0 radical (unpaired) electrons. The van der Waals surface area contributed by atoms with Gasteiger partial charge in [-0.2, -0.15) is 5.26 Å². The van der Waals surface area contributed by atoms with E-state index in [0.717, 1.165) is 24.3 Å². The zero-order valence-electron chi connectivity index (χ0n) is 11.9. The first-order valence-electron chi connectivity index (χ1n) is 6.60. The highest BCUT2D eigenvalue weighted by Crippen LogP contribution is 2.29. The van der Waals surface area contributed by atoms with Gasteiger partial charge in [0, 0.05) is 32.9 Å². The molecular weight excluding hydrogens is 238 g/mol. The van der Waals surface area contributed by atoms with Crippen LogP contribution in [0.1, 0.15) is 12.5 Å². The first-order chi connectivity index (χ1) is 9.08. The molecular formula is C15H21N3O. The minimum Gasteiger partial charge on any atom is -0.379 e. The summed E-state index contributed by atoms with van der Waals surface area (Å²) in [7, 11) is 4.03. The van der Waals surface area contributed by atoms with Crippen molar-refractivity contribution in [2.75, 3.05) is 45.3 Å². The molecule has 1 saturated heterocycles. The van der Waals surface area contributed by atoms with Crippen LogP contribution in [0.2, 0.25) is 0 Å². The molecule has 4 nitrogen and oxygen atoms in total. The molecule has 1 atom stereocenters. The molecule has 0 aliphatic carbocycles. The molecule has 1 aliphatic rings. The Morgan fingerprint density at radius 1 is 1.21 bits per heavy atom. The molecule has 1 unspecified atom stereocenters. The lowest BCUT2D eigenvalue weighted by Crippen LogP contribution is -2.48. The van der Waals surface area contributed by atoms with Crippen LogP contribution in [0.5, 0.6) is 0 Å². The van der Waals surface area contributed by atoms with Crippen LogP contribution in [-0.4, -0.2) is 45.3 Å². The number of morpholine rings is 1. The summed E-state index contributed by atoms with van der Waals surface area (Å²) in [5.74, 6) is 0. The topological polar surface area (TPSA) is 39.5 Å². The van der Waals surface area contributed by atoms with Crippen molar-refractivity contribution < 1.29 is 4.74 Å². The lowest BCUT2D eigenvalue weighted by Gasteiger charge is -2.38. The Hall–Kier alpha value is -1.57. The quantitative estimate of drug-likeness (QED) is 0.830. The van der Waals surface area contributed by atoms with Crippen molar-refractivity contribution in [2.45, 2.75) is 12.5 Å². The molecule has 1 aromatic carbocycles. The van der Waals surface area contributed by atoms with Crippen LogP contribution >= 0.6 is 0 Å². The predicted octanol–water partition coefficient (Wildman–Crippen LogP) is 1.82. The Balaban J connectivity index is 2.27. The molecule has 102 valence electrons. The molecule has 1 heterocycles. The van der Waals surface area contributed by atoms with E-state index in [2.05, 4.69) is 28.0 Å². The van der Waals surface area contributed by atoms with Crippen LogP contribution < -0.4 is 4.90 Å². The highest BCUT2D eigenvalue weighted by Gasteiger charge is 2.34. The van der Waals surface area contributed by atoms with Crippen LogP contribution in [0.3, 0.4) is 0 Å². The molecule has 2 rings (SSSR count). The van der Waals surface area contributed by atoms with Gasteiger partial charge in [-0.1, -0.05) is 12.1 Å². The number of ether oxygens (including phenoxy) is 1. The molecule has 4 heteroatoms. The van der Waals surface area contributed by atoms with E-state index in [9.17, 15) is 5.26 Å². The molecule has 0 spiro atoms. The molecule has 0 aromatic heterocycles. The molecule has 1 fully saturated rings. The van der Waals surface area contributed by atoms with Gasteiger partial charge < -0.3 is 9.64 Å². The first kappa shape index (κ1) is 13.9. The van der Waals surface area contributed by atoms with Crippen molar-refractivity contribution in [1.82, 2.24) is 4.90 Å². The Morgan fingerprint density at radius 3 is 2.26 bits per heavy atom. The van der Waals surface area contributed by atoms with E-state index in [-0.39, 0.29) is 0 Å². The van der Waals surface area contributed by atoms with Crippen molar-refractivity contribution in [2.24, 2.45) is 0 Å². The fraction of sp³-hybridized carbons (Fsp3) is 0.533. The minimum absolute atomic E-state index is 0.575. The van der Waals surface area contributed by atoms with Gasteiger partial charge in [0.15, 0.2) is 0 Å². The third kappa shape index (κ3) is 2.73. The summed E-state index contributed by atoms with van der Waals surface area (Å²) in [5.41, 5.74) is 1.61. The maximum Gasteiger partial charge on any atom is 0.132 e. The molecule has 0 saturated carbocycles. The van der Waals surface area contributed by atoms with Crippen LogP contribution in [-0.2, 0) is 10.3 Å². The number of rotatable bonds is 3. The van der Waals surface area contributed by atoms with Crippen molar-refractivity contribution in [3.8, 4) is 6.07 Å². The van der Waals surface area contributed by atoms with Gasteiger partial charge >= 0.3 is 0 Å². The zero-order chi connectivity index (χ0) is 13.9. The van der Waals surface area contributed by atoms with Gasteiger partial charge in [0.2, 0.25) is 0 Å². The number of anilines is 1. The van der Waals surface area contributed by atoms with Crippen LogP contribution in [0.15, 0.2) is 24.3 Å². The maximum absolute atomic E-state index is 9.63. The summed E-state index contributed by atoms with van der Waals surface area (Å²) in [4.78, 5) is 4.25. The highest BCUT2D eigenvalue weighted by atomic mass is 16.5. The van der Waals surface area contributed by atoms with Crippen molar-refractivity contribution >= 4 is 5.69 Å². The largest absolute Gasteiger partial charge is 0.379 e. The van der Waals surface area contributed by atoms with Gasteiger partial charge in [0.05, 0.1) is 19.3 Å². The lowest BCUT2D eigenvalue weighted by molar-refractivity contribution is 0.000443. The normalized spacial score (nSPS) is 19.5. The van der Waals surface area contributed by atoms with E-state index in [1.165, 1.54) is 0 Å². The molecule has 19 heavy (non-hydrogen) atoms. The van der Waals surface area contributed by atoms with Gasteiger partial charge in [-0.3, -0.25) is 4.90 Å². The zero-order valence-corrected chi connectivity index (χ0v) is 11.9. The van der Waals surface area contributed by atoms with E-state index in [1.54, 1.807) is 0 Å². The molecule has 1 aliphatic heterocycles. The van der Waals surface area contributed by atoms with Gasteiger partial charge in [0.25, 0.3) is 0 Å². The predicted molar refractivity (Wildman–Crippen MR) is 76.1 cm³/mol. The van der Waals surface area contributed by atoms with Crippen molar-refractivity contribution in [3.05, 3.63) is 29.8 Å². The van der Waals surface area contributed by atoms with Crippen LogP contribution in [0, 0.1) is 11.3 Å². The highest BCUT2D eigenvalue weighted by molar-refractivity contribution is 5.48. The fourth-order valence-corrected chi connectivity index (χ4v) is 2.41. The summed E-state index contributed by atoms with van der Waals surface area (Å²) in [5, 5.41) is 9.63. The average molecular weight is 259 g/mol. The standard InChI is InChI=1S/C15H21N3O/c1-15(12-16,18-8-10-19-11-9-18)13-4-6-14(7-5-13)17(2)3/h4-7H,8-11H2,1-3H3. The Morgan fingerprint density at radius 2 is 1.79 bits per heavy atom. The number of benzene rings is 1. The molecule has 1 aromatic rings. The van der Waals surface area contributed by atoms with Crippen molar-refractivity contribution in [3.63, 3.8) is 0 Å². The monoisotopic (exact) mass is 259 g/mol. The van der Waals surface area contributed by atoms with E-state index in [0.29, 0.717) is 13.2 Å². The van der Waals surface area contributed by atoms with Gasteiger partial charge in [-0.15, -0.1) is 0 Å². The molecule has 0 N–H and O–H groups in total. The lowest BCUT2D eigenvalue weighted by atomic mass is 9.91. The van der Waals surface area contributed by atoms with E-state index >= 15 is 0 Å².